The van der Waals surface area contributed by atoms with Gasteiger partial charge in [-0.3, -0.25) is 9.59 Å². The predicted molar refractivity (Wildman–Crippen MR) is 98.2 cm³/mol. The molecule has 1 unspecified atom stereocenters. The SMILES string of the molecule is COC(=O)c1c(CC(=O)N2CCCC(NS(C)(=O)=O)C2)[nH]c(C(C)=O)c1C. The van der Waals surface area contributed by atoms with Gasteiger partial charge in [-0.15, -0.1) is 0 Å². The molecule has 150 valence electrons. The molecule has 27 heavy (non-hydrogen) atoms. The molecule has 0 bridgehead atoms. The van der Waals surface area contributed by atoms with Crippen LogP contribution in [-0.4, -0.2) is 68.5 Å². The van der Waals surface area contributed by atoms with Crippen LogP contribution in [0.15, 0.2) is 0 Å². The summed E-state index contributed by atoms with van der Waals surface area (Å²) in [5, 5.41) is 0. The molecule has 2 heterocycles. The minimum absolute atomic E-state index is 0.107. The number of nitrogens with zero attached hydrogens (tertiary/aromatic N) is 1. The molecule has 9 nitrogen and oxygen atoms in total. The number of amides is 1. The van der Waals surface area contributed by atoms with Crippen molar-refractivity contribution in [3.63, 3.8) is 0 Å². The molecule has 1 aromatic rings. The zero-order valence-corrected chi connectivity index (χ0v) is 16.7. The lowest BCUT2D eigenvalue weighted by atomic mass is 10.0. The summed E-state index contributed by atoms with van der Waals surface area (Å²) in [5.41, 5.74) is 1.24. The van der Waals surface area contributed by atoms with Gasteiger partial charge in [0.05, 0.1) is 31.0 Å². The third-order valence-electron chi connectivity index (χ3n) is 4.55. The van der Waals surface area contributed by atoms with Crippen molar-refractivity contribution in [2.24, 2.45) is 0 Å². The van der Waals surface area contributed by atoms with Crippen LogP contribution in [0.5, 0.6) is 0 Å². The summed E-state index contributed by atoms with van der Waals surface area (Å²) < 4.78 is 30.1. The smallest absolute Gasteiger partial charge is 0.339 e. The number of methoxy groups -OCH3 is 1. The number of esters is 1. The number of aromatic amines is 1. The van der Waals surface area contributed by atoms with Crippen molar-refractivity contribution >= 4 is 27.7 Å². The highest BCUT2D eigenvalue weighted by atomic mass is 32.2. The second-order valence-electron chi connectivity index (χ2n) is 6.77. The van der Waals surface area contributed by atoms with Crippen LogP contribution in [0.1, 0.15) is 51.9 Å². The van der Waals surface area contributed by atoms with Gasteiger partial charge in [0.1, 0.15) is 0 Å². The number of hydrogen-bond acceptors (Lipinski definition) is 6. The molecule has 10 heteroatoms. The van der Waals surface area contributed by atoms with E-state index < -0.39 is 16.0 Å². The molecule has 0 aliphatic carbocycles. The van der Waals surface area contributed by atoms with E-state index in [2.05, 4.69) is 9.71 Å². The van der Waals surface area contributed by atoms with E-state index in [1.165, 1.54) is 14.0 Å². The van der Waals surface area contributed by atoms with Crippen LogP contribution in [0.25, 0.3) is 0 Å². The van der Waals surface area contributed by atoms with Gasteiger partial charge >= 0.3 is 5.97 Å². The number of aromatic nitrogens is 1. The van der Waals surface area contributed by atoms with Crippen LogP contribution >= 0.6 is 0 Å². The van der Waals surface area contributed by atoms with Crippen molar-refractivity contribution in [2.75, 3.05) is 26.5 Å². The number of carbonyl (C=O) groups is 3. The Bertz CT molecular complexity index is 858. The van der Waals surface area contributed by atoms with Crippen molar-refractivity contribution in [1.29, 1.82) is 0 Å². The minimum Gasteiger partial charge on any atom is -0.465 e. The van der Waals surface area contributed by atoms with Gasteiger partial charge in [0, 0.05) is 31.7 Å². The maximum Gasteiger partial charge on any atom is 0.339 e. The molecule has 1 atom stereocenters. The molecule has 0 radical (unpaired) electrons. The summed E-state index contributed by atoms with van der Waals surface area (Å²) in [6.45, 7) is 3.77. The Morgan fingerprint density at radius 1 is 1.33 bits per heavy atom. The Labute approximate surface area is 158 Å². The lowest BCUT2D eigenvalue weighted by Crippen LogP contribution is -2.49. The first-order valence-electron chi connectivity index (χ1n) is 8.59. The molecule has 1 aliphatic rings. The van der Waals surface area contributed by atoms with Gasteiger partial charge in [-0.2, -0.15) is 0 Å². The first-order chi connectivity index (χ1) is 12.5. The quantitative estimate of drug-likeness (QED) is 0.527. The zero-order valence-electron chi connectivity index (χ0n) is 15.9. The van der Waals surface area contributed by atoms with E-state index in [0.717, 1.165) is 6.26 Å². The molecule has 1 aromatic heterocycles. The average molecular weight is 399 g/mol. The lowest BCUT2D eigenvalue weighted by molar-refractivity contribution is -0.131. The van der Waals surface area contributed by atoms with E-state index in [-0.39, 0.29) is 42.0 Å². The van der Waals surface area contributed by atoms with Crippen LogP contribution in [0, 0.1) is 6.92 Å². The predicted octanol–water partition coefficient (Wildman–Crippen LogP) is 0.395. The van der Waals surface area contributed by atoms with Crippen molar-refractivity contribution in [3.8, 4) is 0 Å². The summed E-state index contributed by atoms with van der Waals surface area (Å²) in [4.78, 5) is 41.0. The Balaban J connectivity index is 2.21. The van der Waals surface area contributed by atoms with Crippen molar-refractivity contribution < 1.29 is 27.5 Å². The zero-order chi connectivity index (χ0) is 20.4. The Kier molecular flexibility index (Phi) is 6.42. The maximum atomic E-state index is 12.7. The van der Waals surface area contributed by atoms with Gasteiger partial charge in [0.15, 0.2) is 5.78 Å². The highest BCUT2D eigenvalue weighted by Crippen LogP contribution is 2.22. The van der Waals surface area contributed by atoms with Crippen LogP contribution in [0.3, 0.4) is 0 Å². The van der Waals surface area contributed by atoms with Crippen LogP contribution in [0.4, 0.5) is 0 Å². The van der Waals surface area contributed by atoms with E-state index in [4.69, 9.17) is 4.74 Å². The van der Waals surface area contributed by atoms with E-state index in [1.807, 2.05) is 0 Å². The number of Topliss-reactive ketones (excluding diaryl/α,β-unsaturated/α-hetero) is 1. The molecular formula is C17H25N3O6S. The number of rotatable bonds is 6. The summed E-state index contributed by atoms with van der Waals surface area (Å²) in [5.74, 6) is -1.11. The van der Waals surface area contributed by atoms with Gasteiger partial charge in [0.2, 0.25) is 15.9 Å². The number of hydrogen-bond donors (Lipinski definition) is 2. The van der Waals surface area contributed by atoms with Crippen molar-refractivity contribution in [1.82, 2.24) is 14.6 Å². The second kappa shape index (κ2) is 8.22. The van der Waals surface area contributed by atoms with Crippen molar-refractivity contribution in [2.45, 2.75) is 39.2 Å². The van der Waals surface area contributed by atoms with Crippen LogP contribution < -0.4 is 4.72 Å². The molecule has 1 amide bonds. The van der Waals surface area contributed by atoms with E-state index in [9.17, 15) is 22.8 Å². The molecule has 1 saturated heterocycles. The van der Waals surface area contributed by atoms with Crippen molar-refractivity contribution in [3.05, 3.63) is 22.5 Å². The number of piperidine rings is 1. The highest BCUT2D eigenvalue weighted by molar-refractivity contribution is 7.88. The number of ether oxygens (including phenoxy) is 1. The fourth-order valence-corrected chi connectivity index (χ4v) is 4.18. The lowest BCUT2D eigenvalue weighted by Gasteiger charge is -2.32. The average Bonchev–Trinajstić information content (AvgIpc) is 2.89. The van der Waals surface area contributed by atoms with Gasteiger partial charge < -0.3 is 14.6 Å². The topological polar surface area (TPSA) is 126 Å². The molecule has 0 spiro atoms. The highest BCUT2D eigenvalue weighted by Gasteiger charge is 2.29. The molecule has 1 aliphatic heterocycles. The summed E-state index contributed by atoms with van der Waals surface area (Å²) in [6, 6.07) is -0.337. The number of H-pyrrole nitrogens is 1. The number of carbonyl (C=O) groups excluding carboxylic acids is 3. The monoisotopic (exact) mass is 399 g/mol. The van der Waals surface area contributed by atoms with Gasteiger partial charge in [-0.1, -0.05) is 0 Å². The molecule has 0 aromatic carbocycles. The Morgan fingerprint density at radius 3 is 2.56 bits per heavy atom. The molecule has 1 fully saturated rings. The van der Waals surface area contributed by atoms with Gasteiger partial charge in [-0.25, -0.2) is 17.9 Å². The second-order valence-corrected chi connectivity index (χ2v) is 8.55. The number of sulfonamides is 1. The third-order valence-corrected chi connectivity index (χ3v) is 5.31. The Hall–Kier alpha value is -2.20. The van der Waals surface area contributed by atoms with Gasteiger partial charge in [-0.05, 0) is 25.3 Å². The molecule has 2 N–H and O–H groups in total. The molecule has 0 saturated carbocycles. The summed E-state index contributed by atoms with van der Waals surface area (Å²) in [6.07, 6.45) is 2.30. The fraction of sp³-hybridized carbons (Fsp3) is 0.588. The van der Waals surface area contributed by atoms with E-state index in [0.29, 0.717) is 30.6 Å². The summed E-state index contributed by atoms with van der Waals surface area (Å²) >= 11 is 0. The summed E-state index contributed by atoms with van der Waals surface area (Å²) in [7, 11) is -2.12. The van der Waals surface area contributed by atoms with Crippen LogP contribution in [0.2, 0.25) is 0 Å². The standard InChI is InChI=1S/C17H25N3O6S/c1-10-15(17(23)26-3)13(18-16(10)11(2)21)8-14(22)20-7-5-6-12(9-20)19-27(4,24)25/h12,18-19H,5-9H2,1-4H3. The third kappa shape index (κ3) is 5.16. The number of likely N-dealkylation sites (tertiary alicyclic amines) is 1. The van der Waals surface area contributed by atoms with Crippen LogP contribution in [-0.2, 0) is 26.0 Å². The number of ketones is 1. The van der Waals surface area contributed by atoms with Gasteiger partial charge in [0.25, 0.3) is 0 Å². The Morgan fingerprint density at radius 2 is 2.00 bits per heavy atom. The molecular weight excluding hydrogens is 374 g/mol. The first kappa shape index (κ1) is 21.1. The fourth-order valence-electron chi connectivity index (χ4n) is 3.39. The molecule has 2 rings (SSSR count). The first-order valence-corrected chi connectivity index (χ1v) is 10.5. The largest absolute Gasteiger partial charge is 0.465 e. The van der Waals surface area contributed by atoms with E-state index >= 15 is 0 Å². The number of nitrogens with one attached hydrogen (secondary N) is 2. The minimum atomic E-state index is -3.36. The van der Waals surface area contributed by atoms with E-state index in [1.54, 1.807) is 11.8 Å². The maximum absolute atomic E-state index is 12.7. The normalized spacial score (nSPS) is 17.6.